The summed E-state index contributed by atoms with van der Waals surface area (Å²) in [5, 5.41) is 26.3. The molecule has 1 aliphatic carbocycles. The van der Waals surface area contributed by atoms with Crippen molar-refractivity contribution >= 4 is 34.3 Å². The smallest absolute Gasteiger partial charge is 0.322 e. The summed E-state index contributed by atoms with van der Waals surface area (Å²) in [6, 6.07) is 11.2. The second kappa shape index (κ2) is 13.4. The summed E-state index contributed by atoms with van der Waals surface area (Å²) in [5.74, 6) is -1.04. The van der Waals surface area contributed by atoms with Crippen LogP contribution in [0.4, 0.5) is 5.69 Å². The van der Waals surface area contributed by atoms with Crippen LogP contribution in [0, 0.1) is 11.3 Å². The number of carbonyl (C=O) groups excluding carboxylic acids is 3. The molecule has 3 fully saturated rings. The molecule has 0 amide bonds. The first kappa shape index (κ1) is 39.2. The highest BCUT2D eigenvalue weighted by atomic mass is 16.6. The largest absolute Gasteiger partial charge is 0.496 e. The number of aromatic nitrogens is 1. The lowest BCUT2D eigenvalue weighted by atomic mass is 9.47. The number of piperidine rings is 1. The molecule has 58 heavy (non-hydrogen) atoms. The molecule has 1 aromatic heterocycles. The third kappa shape index (κ3) is 4.98. The van der Waals surface area contributed by atoms with E-state index in [9.17, 15) is 19.8 Å². The van der Waals surface area contributed by atoms with Crippen molar-refractivity contribution in [1.29, 1.82) is 0 Å². The molecule has 12 heteroatoms. The second-order valence-electron chi connectivity index (χ2n) is 18.3. The number of aliphatic hydroxyl groups is 2. The molecule has 1 unspecified atom stereocenters. The Bertz CT molecular complexity index is 2240. The van der Waals surface area contributed by atoms with Gasteiger partial charge in [0.05, 0.1) is 25.9 Å². The van der Waals surface area contributed by atoms with Gasteiger partial charge in [0.25, 0.3) is 0 Å². The molecule has 1 spiro atoms. The van der Waals surface area contributed by atoms with E-state index in [1.807, 2.05) is 50.1 Å². The van der Waals surface area contributed by atoms with Crippen molar-refractivity contribution in [2.45, 2.75) is 106 Å². The molecule has 10 atom stereocenters. The van der Waals surface area contributed by atoms with Crippen LogP contribution in [0.5, 0.6) is 5.75 Å². The zero-order chi connectivity index (χ0) is 41.2. The van der Waals surface area contributed by atoms with Gasteiger partial charge in [-0.2, -0.15) is 0 Å². The molecule has 3 N–H and O–H groups in total. The van der Waals surface area contributed by atoms with Gasteiger partial charge in [-0.3, -0.25) is 24.2 Å². The van der Waals surface area contributed by atoms with Gasteiger partial charge >= 0.3 is 11.9 Å². The van der Waals surface area contributed by atoms with E-state index in [2.05, 4.69) is 39.1 Å². The van der Waals surface area contributed by atoms with E-state index in [1.165, 1.54) is 21.0 Å². The number of nitrogens with one attached hydrogen (secondary N) is 1. The predicted octanol–water partition coefficient (Wildman–Crippen LogP) is 4.41. The van der Waals surface area contributed by atoms with E-state index in [-0.39, 0.29) is 12.0 Å². The molecular weight excluding hydrogens is 737 g/mol. The number of benzene rings is 2. The summed E-state index contributed by atoms with van der Waals surface area (Å²) in [6.07, 6.45) is 6.30. The molecule has 2 aromatic carbocycles. The number of nitrogens with zero attached hydrogens (tertiary/aromatic N) is 3. The van der Waals surface area contributed by atoms with Crippen molar-refractivity contribution in [3.63, 3.8) is 0 Å². The van der Waals surface area contributed by atoms with Gasteiger partial charge < -0.3 is 34.3 Å². The number of H-pyrrole nitrogens is 1. The van der Waals surface area contributed by atoms with Gasteiger partial charge in [0.15, 0.2) is 17.5 Å². The van der Waals surface area contributed by atoms with Crippen LogP contribution in [0.2, 0.25) is 0 Å². The molecule has 2 bridgehead atoms. The van der Waals surface area contributed by atoms with Crippen molar-refractivity contribution in [1.82, 2.24) is 14.8 Å². The van der Waals surface area contributed by atoms with Gasteiger partial charge in [-0.25, -0.2) is 0 Å². The number of Topliss-reactive ketones (excluding diaryl/α,β-unsaturated/α-hetero) is 1. The summed E-state index contributed by atoms with van der Waals surface area (Å²) in [4.78, 5) is 53.1. The number of para-hydroxylation sites is 1. The van der Waals surface area contributed by atoms with Crippen LogP contribution in [0.15, 0.2) is 48.6 Å². The Morgan fingerprint density at radius 1 is 0.983 bits per heavy atom. The van der Waals surface area contributed by atoms with Crippen LogP contribution in [-0.4, -0.2) is 126 Å². The number of ketones is 1. The molecule has 2 saturated heterocycles. The average Bonchev–Trinajstić information content (AvgIpc) is 3.87. The third-order valence-corrected chi connectivity index (χ3v) is 15.7. The number of fused-ring (bicyclic) bond motifs is 6. The number of hydrogen-bond acceptors (Lipinski definition) is 11. The number of rotatable bonds is 7. The Hall–Kier alpha value is -4.23. The van der Waals surface area contributed by atoms with E-state index < -0.39 is 57.3 Å². The van der Waals surface area contributed by atoms with Crippen LogP contribution in [-0.2, 0) is 41.1 Å². The summed E-state index contributed by atoms with van der Waals surface area (Å²) in [7, 11) is 4.97. The number of carbonyl (C=O) groups is 3. The molecule has 3 aromatic rings. The number of esters is 2. The van der Waals surface area contributed by atoms with Gasteiger partial charge in [-0.15, -0.1) is 0 Å². The van der Waals surface area contributed by atoms with E-state index in [1.54, 1.807) is 7.11 Å². The molecule has 310 valence electrons. The Balaban J connectivity index is 1.36. The maximum atomic E-state index is 15.3. The van der Waals surface area contributed by atoms with Crippen LogP contribution < -0.4 is 9.64 Å². The van der Waals surface area contributed by atoms with Crippen molar-refractivity contribution in [2.24, 2.45) is 11.3 Å². The van der Waals surface area contributed by atoms with Crippen LogP contribution in [0.3, 0.4) is 0 Å². The molecule has 6 aliphatic rings. The first-order valence-electron chi connectivity index (χ1n) is 21.1. The van der Waals surface area contributed by atoms with Crippen LogP contribution >= 0.6 is 0 Å². The normalized spacial score (nSPS) is 37.5. The van der Waals surface area contributed by atoms with Crippen molar-refractivity contribution in [3.05, 3.63) is 70.9 Å². The molecule has 5 aliphatic heterocycles. The lowest BCUT2D eigenvalue weighted by molar-refractivity contribution is -0.215. The van der Waals surface area contributed by atoms with E-state index in [0.29, 0.717) is 69.5 Å². The van der Waals surface area contributed by atoms with Crippen molar-refractivity contribution in [3.8, 4) is 5.75 Å². The molecular formula is C46H58N4O8. The number of aromatic amines is 1. The van der Waals surface area contributed by atoms with Crippen molar-refractivity contribution in [2.75, 3.05) is 58.9 Å². The summed E-state index contributed by atoms with van der Waals surface area (Å²) < 4.78 is 18.5. The van der Waals surface area contributed by atoms with Gasteiger partial charge in [0.1, 0.15) is 11.2 Å². The quantitative estimate of drug-likeness (QED) is 0.231. The second-order valence-corrected chi connectivity index (χ2v) is 18.3. The van der Waals surface area contributed by atoms with Crippen LogP contribution in [0.25, 0.3) is 10.9 Å². The maximum Gasteiger partial charge on any atom is 0.322 e. The number of ether oxygens (including phenoxy) is 3. The van der Waals surface area contributed by atoms with Crippen LogP contribution in [0.1, 0.15) is 82.2 Å². The third-order valence-electron chi connectivity index (χ3n) is 15.7. The summed E-state index contributed by atoms with van der Waals surface area (Å²) >= 11 is 0. The van der Waals surface area contributed by atoms with Gasteiger partial charge in [-0.05, 0) is 81.2 Å². The van der Waals surface area contributed by atoms with Gasteiger partial charge in [0.2, 0.25) is 0 Å². The minimum atomic E-state index is -2.09. The number of anilines is 1. The van der Waals surface area contributed by atoms with E-state index >= 15 is 4.79 Å². The van der Waals surface area contributed by atoms with Crippen molar-refractivity contribution < 1.29 is 38.8 Å². The fourth-order valence-corrected chi connectivity index (χ4v) is 13.5. The Morgan fingerprint density at radius 2 is 1.76 bits per heavy atom. The Kier molecular flexibility index (Phi) is 9.06. The molecule has 6 heterocycles. The Morgan fingerprint density at radius 3 is 2.45 bits per heavy atom. The average molecular weight is 795 g/mol. The first-order chi connectivity index (χ1) is 27.7. The fraction of sp³-hybridized carbons (Fsp3) is 0.587. The first-order valence-corrected chi connectivity index (χ1v) is 21.1. The zero-order valence-corrected chi connectivity index (χ0v) is 34.9. The minimum Gasteiger partial charge on any atom is -0.496 e. The lowest BCUT2D eigenvalue weighted by Crippen LogP contribution is -2.81. The highest BCUT2D eigenvalue weighted by molar-refractivity contribution is 5.95. The van der Waals surface area contributed by atoms with Gasteiger partial charge in [0, 0.05) is 90.9 Å². The lowest BCUT2D eigenvalue weighted by Gasteiger charge is -2.64. The number of hydrogen-bond donors (Lipinski definition) is 3. The van der Waals surface area contributed by atoms with E-state index in [0.717, 1.165) is 46.5 Å². The summed E-state index contributed by atoms with van der Waals surface area (Å²) in [5.41, 5.74) is -1.04. The highest BCUT2D eigenvalue weighted by Gasteiger charge is 2.79. The highest BCUT2D eigenvalue weighted by Crippen LogP contribution is 2.68. The zero-order valence-electron chi connectivity index (χ0n) is 34.9. The standard InChI is InChI=1S/C46H58N4O8/c1-8-42(54)23-29-24-45(41(53)57-7,37-31(15-19-49(25-29)26-42)30-13-10-11-14-34(30)47-37)33-21-32-35(22-36(33)56-6)48(5)39-44(32)17-20-50-18-12-16-43(9-2,38(44)50)40(58-28(4)52)46(39,55)27(3)51/h10-14,16,21-22,29,38-40,47,54-55H,8-9,15,17-20,23-26H2,1-7H3/t29-,38-,39+,40+,42-,43+,44+,45-,46-/m0/s1. The SMILES string of the molecule is CC[C@]1(O)C[C@@H]2CN(CCc3c([nH]c4ccccc34)[C@@](C(=O)OC)(c3cc4c(cc3OC)N(C)[C@H]3[C@@](O)(C(C)=O)[C@H](OC(C)=O)[C@]5(CC)C=CCN6CC[C@]43[C@@H]65)C2)C1. The number of likely N-dealkylation sites (N-methyl/N-ethyl adjacent to an activating group) is 1. The maximum absolute atomic E-state index is 15.3. The molecule has 0 radical (unpaired) electrons. The molecule has 9 rings (SSSR count). The van der Waals surface area contributed by atoms with Gasteiger partial charge in [-0.1, -0.05) is 44.2 Å². The minimum absolute atomic E-state index is 0.0816. The summed E-state index contributed by atoms with van der Waals surface area (Å²) in [6.45, 7) is 10.2. The Labute approximate surface area is 340 Å². The predicted molar refractivity (Wildman–Crippen MR) is 219 cm³/mol. The van der Waals surface area contributed by atoms with E-state index in [4.69, 9.17) is 14.2 Å². The monoisotopic (exact) mass is 794 g/mol. The molecule has 12 nitrogen and oxygen atoms in total. The topological polar surface area (TPSA) is 145 Å². The molecule has 1 saturated carbocycles. The fourth-order valence-electron chi connectivity index (χ4n) is 13.5. The number of methoxy groups -OCH3 is 2.